The molecule has 4 nitrogen and oxygen atoms in total. The molecule has 0 bridgehead atoms. The average molecular weight is 412 g/mol. The van der Waals surface area contributed by atoms with Crippen LogP contribution in [0.2, 0.25) is 5.02 Å². The summed E-state index contributed by atoms with van der Waals surface area (Å²) in [5.41, 5.74) is 0.600. The van der Waals surface area contributed by atoms with E-state index in [4.69, 9.17) is 11.6 Å². The van der Waals surface area contributed by atoms with Crippen molar-refractivity contribution in [3.63, 3.8) is 0 Å². The van der Waals surface area contributed by atoms with E-state index in [1.54, 1.807) is 0 Å². The fraction of sp³-hybridized carbons (Fsp3) is 0.350. The van der Waals surface area contributed by atoms with Crippen molar-refractivity contribution in [3.8, 4) is 0 Å². The monoisotopic (exact) mass is 411 g/mol. The van der Waals surface area contributed by atoms with Crippen LogP contribution in [0, 0.1) is 0 Å². The fourth-order valence-corrected chi connectivity index (χ4v) is 3.25. The van der Waals surface area contributed by atoms with Gasteiger partial charge < -0.3 is 10.2 Å². The molecule has 0 saturated carbocycles. The zero-order chi connectivity index (χ0) is 20.1. The van der Waals surface area contributed by atoms with Crippen molar-refractivity contribution in [2.45, 2.75) is 6.18 Å². The van der Waals surface area contributed by atoms with E-state index in [2.05, 4.69) is 15.1 Å². The Labute approximate surface area is 166 Å². The van der Waals surface area contributed by atoms with Crippen molar-refractivity contribution in [3.05, 3.63) is 64.7 Å². The lowest BCUT2D eigenvalue weighted by molar-refractivity contribution is -0.137. The van der Waals surface area contributed by atoms with Crippen molar-refractivity contribution in [1.29, 1.82) is 0 Å². The number of halogens is 4. The molecule has 2 aromatic rings. The van der Waals surface area contributed by atoms with Crippen molar-refractivity contribution in [1.82, 2.24) is 10.2 Å². The molecule has 1 fully saturated rings. The number of carbonyl (C=O) groups is 1. The molecule has 1 aliphatic heterocycles. The number of amides is 1. The number of rotatable bonds is 5. The van der Waals surface area contributed by atoms with Gasteiger partial charge in [0.05, 0.1) is 5.56 Å². The van der Waals surface area contributed by atoms with Crippen molar-refractivity contribution in [2.24, 2.45) is 0 Å². The number of benzene rings is 2. The van der Waals surface area contributed by atoms with Gasteiger partial charge in [-0.3, -0.25) is 9.69 Å². The van der Waals surface area contributed by atoms with E-state index in [1.165, 1.54) is 12.1 Å². The van der Waals surface area contributed by atoms with Gasteiger partial charge in [-0.1, -0.05) is 11.6 Å². The lowest BCUT2D eigenvalue weighted by Gasteiger charge is -2.36. The smallest absolute Gasteiger partial charge is 0.369 e. The SMILES string of the molecule is O=C(NCCN1CCN(c2ccc(Cl)cc2)CC1)c1ccc(C(F)(F)F)cc1. The van der Waals surface area contributed by atoms with Gasteiger partial charge in [0.25, 0.3) is 5.91 Å². The second-order valence-corrected chi connectivity index (χ2v) is 7.07. The summed E-state index contributed by atoms with van der Waals surface area (Å²) in [4.78, 5) is 16.6. The van der Waals surface area contributed by atoms with Gasteiger partial charge in [0.15, 0.2) is 0 Å². The van der Waals surface area contributed by atoms with Gasteiger partial charge in [-0.05, 0) is 48.5 Å². The van der Waals surface area contributed by atoms with E-state index in [9.17, 15) is 18.0 Å². The highest BCUT2D eigenvalue weighted by Crippen LogP contribution is 2.29. The second kappa shape index (κ2) is 8.84. The summed E-state index contributed by atoms with van der Waals surface area (Å²) < 4.78 is 37.7. The number of carbonyl (C=O) groups excluding carboxylic acids is 1. The van der Waals surface area contributed by atoms with E-state index in [1.807, 2.05) is 24.3 Å². The molecule has 0 unspecified atom stereocenters. The molecule has 0 spiro atoms. The molecule has 28 heavy (non-hydrogen) atoms. The molecule has 0 radical (unpaired) electrons. The highest BCUT2D eigenvalue weighted by molar-refractivity contribution is 6.30. The Kier molecular flexibility index (Phi) is 6.46. The van der Waals surface area contributed by atoms with E-state index in [0.717, 1.165) is 44.0 Å². The molecule has 8 heteroatoms. The van der Waals surface area contributed by atoms with E-state index >= 15 is 0 Å². The first-order chi connectivity index (χ1) is 13.3. The number of nitrogens with zero attached hydrogens (tertiary/aromatic N) is 2. The Bertz CT molecular complexity index is 786. The minimum atomic E-state index is -4.40. The van der Waals surface area contributed by atoms with Gasteiger partial charge in [-0.15, -0.1) is 0 Å². The summed E-state index contributed by atoms with van der Waals surface area (Å²) in [5, 5.41) is 3.48. The third-order valence-corrected chi connectivity index (χ3v) is 5.00. The molecule has 150 valence electrons. The predicted molar refractivity (Wildman–Crippen MR) is 104 cm³/mol. The van der Waals surface area contributed by atoms with Gasteiger partial charge in [-0.25, -0.2) is 0 Å². The van der Waals surface area contributed by atoms with E-state index in [0.29, 0.717) is 18.1 Å². The van der Waals surface area contributed by atoms with E-state index in [-0.39, 0.29) is 11.5 Å². The zero-order valence-corrected chi connectivity index (χ0v) is 15.9. The summed E-state index contributed by atoms with van der Waals surface area (Å²) in [6.07, 6.45) is -4.40. The molecule has 1 aliphatic rings. The van der Waals surface area contributed by atoms with Crippen LogP contribution in [0.1, 0.15) is 15.9 Å². The Morgan fingerprint density at radius 2 is 1.57 bits per heavy atom. The summed E-state index contributed by atoms with van der Waals surface area (Å²) >= 11 is 5.92. The van der Waals surface area contributed by atoms with Crippen LogP contribution >= 0.6 is 11.6 Å². The number of anilines is 1. The van der Waals surface area contributed by atoms with Crippen LogP contribution in [0.15, 0.2) is 48.5 Å². The quantitative estimate of drug-likeness (QED) is 0.810. The molecular weight excluding hydrogens is 391 g/mol. The number of piperazine rings is 1. The Hall–Kier alpha value is -2.25. The average Bonchev–Trinajstić information content (AvgIpc) is 2.68. The summed E-state index contributed by atoms with van der Waals surface area (Å²) in [6, 6.07) is 12.0. The normalized spacial score (nSPS) is 15.5. The summed E-state index contributed by atoms with van der Waals surface area (Å²) in [6.45, 7) is 4.65. The van der Waals surface area contributed by atoms with Crippen LogP contribution in [0.25, 0.3) is 0 Å². The lowest BCUT2D eigenvalue weighted by Crippen LogP contribution is -2.48. The molecule has 1 heterocycles. The number of nitrogens with one attached hydrogen (secondary N) is 1. The molecular formula is C20H21ClF3N3O. The molecule has 0 aromatic heterocycles. The number of alkyl halides is 3. The maximum absolute atomic E-state index is 12.6. The van der Waals surface area contributed by atoms with Gasteiger partial charge >= 0.3 is 6.18 Å². The van der Waals surface area contributed by atoms with Crippen molar-refractivity contribution >= 4 is 23.2 Å². The summed E-state index contributed by atoms with van der Waals surface area (Å²) in [7, 11) is 0. The Morgan fingerprint density at radius 3 is 2.14 bits per heavy atom. The zero-order valence-electron chi connectivity index (χ0n) is 15.2. The lowest BCUT2D eigenvalue weighted by atomic mass is 10.1. The number of hydrogen-bond acceptors (Lipinski definition) is 3. The third kappa shape index (κ3) is 5.39. The van der Waals surface area contributed by atoms with Crippen LogP contribution < -0.4 is 10.2 Å². The minimum absolute atomic E-state index is 0.223. The van der Waals surface area contributed by atoms with Crippen LogP contribution in [0.4, 0.5) is 18.9 Å². The van der Waals surface area contributed by atoms with Crippen LogP contribution in [0.5, 0.6) is 0 Å². The highest BCUT2D eigenvalue weighted by atomic mass is 35.5. The second-order valence-electron chi connectivity index (χ2n) is 6.64. The van der Waals surface area contributed by atoms with Crippen molar-refractivity contribution < 1.29 is 18.0 Å². The Balaban J connectivity index is 1.41. The molecule has 1 amide bonds. The highest BCUT2D eigenvalue weighted by Gasteiger charge is 2.30. The standard InChI is InChI=1S/C20H21ClF3N3O/c21-17-5-7-18(8-6-17)27-13-11-26(12-14-27)10-9-25-19(28)15-1-3-16(4-2-15)20(22,23)24/h1-8H,9-14H2,(H,25,28). The van der Waals surface area contributed by atoms with Gasteiger partial charge in [0, 0.05) is 55.5 Å². The van der Waals surface area contributed by atoms with Crippen LogP contribution in [-0.4, -0.2) is 50.1 Å². The Morgan fingerprint density at radius 1 is 0.964 bits per heavy atom. The maximum atomic E-state index is 12.6. The molecule has 3 rings (SSSR count). The summed E-state index contributed by atoms with van der Waals surface area (Å²) in [5.74, 6) is -0.367. The van der Waals surface area contributed by atoms with Crippen LogP contribution in [0.3, 0.4) is 0 Å². The van der Waals surface area contributed by atoms with Crippen LogP contribution in [-0.2, 0) is 6.18 Å². The first-order valence-electron chi connectivity index (χ1n) is 9.01. The largest absolute Gasteiger partial charge is 0.416 e. The molecule has 1 saturated heterocycles. The van der Waals surface area contributed by atoms with Gasteiger partial charge in [0.2, 0.25) is 0 Å². The van der Waals surface area contributed by atoms with Gasteiger partial charge in [-0.2, -0.15) is 13.2 Å². The van der Waals surface area contributed by atoms with Gasteiger partial charge in [0.1, 0.15) is 0 Å². The minimum Gasteiger partial charge on any atom is -0.369 e. The molecule has 2 aromatic carbocycles. The third-order valence-electron chi connectivity index (χ3n) is 4.75. The van der Waals surface area contributed by atoms with E-state index < -0.39 is 11.7 Å². The number of hydrogen-bond donors (Lipinski definition) is 1. The molecule has 1 N–H and O–H groups in total. The topological polar surface area (TPSA) is 35.6 Å². The predicted octanol–water partition coefficient (Wildman–Crippen LogP) is 3.91. The maximum Gasteiger partial charge on any atom is 0.416 e. The van der Waals surface area contributed by atoms with Crippen molar-refractivity contribution in [2.75, 3.05) is 44.2 Å². The molecule has 0 aliphatic carbocycles. The fourth-order valence-electron chi connectivity index (χ4n) is 3.12. The molecule has 0 atom stereocenters. The first-order valence-corrected chi connectivity index (χ1v) is 9.39. The first kappa shape index (κ1) is 20.5.